The van der Waals surface area contributed by atoms with Crippen molar-refractivity contribution in [3.63, 3.8) is 0 Å². The highest BCUT2D eigenvalue weighted by molar-refractivity contribution is 6.17. The number of benzene rings is 3. The Bertz CT molecular complexity index is 1690. The van der Waals surface area contributed by atoms with Gasteiger partial charge in [0.05, 0.1) is 11.7 Å². The first-order valence-corrected chi connectivity index (χ1v) is 14.6. The number of nitrogens with one attached hydrogen (secondary N) is 1. The summed E-state index contributed by atoms with van der Waals surface area (Å²) in [7, 11) is 0. The Balaban J connectivity index is 1.22. The van der Waals surface area contributed by atoms with Gasteiger partial charge in [-0.05, 0) is 90.6 Å². The number of amides is 2. The summed E-state index contributed by atoms with van der Waals surface area (Å²) in [5.74, 6) is -0.0698. The largest absolute Gasteiger partial charge is 0.330 e. The van der Waals surface area contributed by atoms with Gasteiger partial charge >= 0.3 is 0 Å². The van der Waals surface area contributed by atoms with Crippen LogP contribution in [0, 0.1) is 11.8 Å². The Kier molecular flexibility index (Phi) is 8.30. The van der Waals surface area contributed by atoms with Crippen LogP contribution in [0.15, 0.2) is 85.2 Å². The smallest absolute Gasteiger partial charge is 0.251 e. The molecule has 0 saturated heterocycles. The van der Waals surface area contributed by atoms with E-state index in [-0.39, 0.29) is 18.2 Å². The lowest BCUT2D eigenvalue weighted by atomic mass is 9.81. The molecule has 10 nitrogen and oxygen atoms in total. The Morgan fingerprint density at radius 3 is 2.33 bits per heavy atom. The first kappa shape index (κ1) is 28.3. The highest BCUT2D eigenvalue weighted by Crippen LogP contribution is 2.32. The minimum absolute atomic E-state index is 0.220. The molecule has 0 unspecified atom stereocenters. The highest BCUT2D eigenvalue weighted by atomic mass is 16.2. The molecule has 43 heavy (non-hydrogen) atoms. The number of carbonyl (C=O) groups excluding carboxylic acids is 2. The molecule has 5 N–H and O–H groups in total. The van der Waals surface area contributed by atoms with Gasteiger partial charge in [0, 0.05) is 34.8 Å². The molecule has 1 atom stereocenters. The molecule has 0 bridgehead atoms. The number of pyridine rings is 1. The number of fused-ring (bicyclic) bond motifs is 1. The fraction of sp³-hybridized carbons (Fsp3) is 0.273. The Morgan fingerprint density at radius 2 is 1.63 bits per heavy atom. The average Bonchev–Trinajstić information content (AvgIpc) is 3.60. The molecule has 0 aliphatic heterocycles. The maximum atomic E-state index is 13.9. The van der Waals surface area contributed by atoms with Gasteiger partial charge < -0.3 is 11.5 Å². The van der Waals surface area contributed by atoms with Crippen molar-refractivity contribution in [2.24, 2.45) is 23.3 Å². The predicted octanol–water partition coefficient (Wildman–Crippen LogP) is 4.28. The second-order valence-corrected chi connectivity index (χ2v) is 11.2. The summed E-state index contributed by atoms with van der Waals surface area (Å²) in [6, 6.07) is 22.2. The van der Waals surface area contributed by atoms with Crippen LogP contribution in [0.1, 0.15) is 31.2 Å². The van der Waals surface area contributed by atoms with Crippen LogP contribution >= 0.6 is 0 Å². The number of nitrogens with two attached hydrogens (primary N) is 2. The lowest BCUT2D eigenvalue weighted by molar-refractivity contribution is -0.130. The summed E-state index contributed by atoms with van der Waals surface area (Å²) in [6.45, 7) is 0.613. The molecule has 2 amide bonds. The van der Waals surface area contributed by atoms with E-state index in [9.17, 15) is 9.59 Å². The van der Waals surface area contributed by atoms with Crippen LogP contribution in [0.2, 0.25) is 0 Å². The van der Waals surface area contributed by atoms with Crippen LogP contribution in [-0.2, 0) is 16.0 Å². The zero-order chi connectivity index (χ0) is 29.8. The van der Waals surface area contributed by atoms with E-state index in [0.717, 1.165) is 40.3 Å². The molecular weight excluding hydrogens is 540 g/mol. The number of aromatic amines is 1. The Hall–Kier alpha value is -4.80. The third kappa shape index (κ3) is 6.06. The third-order valence-corrected chi connectivity index (χ3v) is 8.41. The number of nitrogens with zero attached hydrogens (tertiary/aromatic N) is 5. The van der Waals surface area contributed by atoms with Gasteiger partial charge in [-0.2, -0.15) is 5.21 Å². The highest BCUT2D eigenvalue weighted by Gasteiger charge is 2.35. The van der Waals surface area contributed by atoms with Crippen LogP contribution in [0.4, 0.5) is 5.69 Å². The molecule has 3 aromatic carbocycles. The van der Waals surface area contributed by atoms with Crippen molar-refractivity contribution in [2.75, 3.05) is 11.4 Å². The maximum absolute atomic E-state index is 13.9. The monoisotopic (exact) mass is 574 g/mol. The van der Waals surface area contributed by atoms with Gasteiger partial charge in [-0.15, -0.1) is 10.2 Å². The van der Waals surface area contributed by atoms with Gasteiger partial charge in [0.1, 0.15) is 0 Å². The number of imide groups is 1. The number of carbonyl (C=O) groups is 2. The van der Waals surface area contributed by atoms with Gasteiger partial charge in [-0.3, -0.25) is 14.6 Å². The van der Waals surface area contributed by atoms with Gasteiger partial charge in [0.2, 0.25) is 11.7 Å². The van der Waals surface area contributed by atoms with E-state index >= 15 is 0 Å². The van der Waals surface area contributed by atoms with E-state index in [4.69, 9.17) is 11.5 Å². The average molecular weight is 575 g/mol. The van der Waals surface area contributed by atoms with Crippen LogP contribution in [0.3, 0.4) is 0 Å². The summed E-state index contributed by atoms with van der Waals surface area (Å²) < 4.78 is 0. The van der Waals surface area contributed by atoms with E-state index in [1.165, 1.54) is 4.90 Å². The number of hydrogen-bond acceptors (Lipinski definition) is 8. The summed E-state index contributed by atoms with van der Waals surface area (Å²) in [5, 5.41) is 16.2. The lowest BCUT2D eigenvalue weighted by Gasteiger charge is -2.32. The normalized spacial score (nSPS) is 17.4. The summed E-state index contributed by atoms with van der Waals surface area (Å²) >= 11 is 0. The molecule has 6 rings (SSSR count). The number of rotatable bonds is 8. The lowest BCUT2D eigenvalue weighted by Crippen LogP contribution is -2.50. The van der Waals surface area contributed by atoms with Gasteiger partial charge in [-0.1, -0.05) is 48.5 Å². The van der Waals surface area contributed by atoms with Crippen LogP contribution in [0.25, 0.3) is 33.3 Å². The topological polar surface area (TPSA) is 157 Å². The molecule has 1 fully saturated rings. The second kappa shape index (κ2) is 12.6. The molecule has 218 valence electrons. The van der Waals surface area contributed by atoms with E-state index in [1.807, 2.05) is 54.9 Å². The number of hydrogen-bond donors (Lipinski definition) is 3. The van der Waals surface area contributed by atoms with Crippen molar-refractivity contribution < 1.29 is 9.59 Å². The van der Waals surface area contributed by atoms with Crippen molar-refractivity contribution in [1.29, 1.82) is 0 Å². The summed E-state index contributed by atoms with van der Waals surface area (Å²) in [5.41, 5.74) is 16.6. The molecule has 1 aliphatic carbocycles. The maximum Gasteiger partial charge on any atom is 0.251 e. The molecule has 0 radical (unpaired) electrons. The van der Waals surface area contributed by atoms with E-state index in [0.29, 0.717) is 42.4 Å². The molecule has 1 aliphatic rings. The van der Waals surface area contributed by atoms with Crippen molar-refractivity contribution in [3.05, 3.63) is 90.8 Å². The number of tetrazole rings is 1. The van der Waals surface area contributed by atoms with Crippen molar-refractivity contribution >= 4 is 28.3 Å². The SMILES string of the molecule is NCC1CCC(C(=O)N(C(=O)[C@@H](N)Cc2ccc(-c3cncc4ccccc34)cc2)c2ccc(-c3nn[nH]n3)cc2)CC1. The minimum atomic E-state index is -0.911. The van der Waals surface area contributed by atoms with Crippen LogP contribution < -0.4 is 16.4 Å². The molecule has 2 heterocycles. The Morgan fingerprint density at radius 1 is 0.907 bits per heavy atom. The zero-order valence-corrected chi connectivity index (χ0v) is 23.8. The Labute approximate surface area is 249 Å². The number of anilines is 1. The van der Waals surface area contributed by atoms with E-state index in [2.05, 4.69) is 31.7 Å². The van der Waals surface area contributed by atoms with Crippen LogP contribution in [0.5, 0.6) is 0 Å². The number of H-pyrrole nitrogens is 1. The van der Waals surface area contributed by atoms with Crippen molar-refractivity contribution in [1.82, 2.24) is 25.6 Å². The first-order valence-electron chi connectivity index (χ1n) is 14.6. The van der Waals surface area contributed by atoms with E-state index < -0.39 is 11.9 Å². The van der Waals surface area contributed by atoms with Gasteiger partial charge in [0.25, 0.3) is 5.91 Å². The van der Waals surface area contributed by atoms with Gasteiger partial charge in [0.15, 0.2) is 0 Å². The van der Waals surface area contributed by atoms with Crippen molar-refractivity contribution in [2.45, 2.75) is 38.1 Å². The third-order valence-electron chi connectivity index (χ3n) is 8.41. The summed E-state index contributed by atoms with van der Waals surface area (Å²) in [4.78, 5) is 33.5. The van der Waals surface area contributed by atoms with Crippen molar-refractivity contribution in [3.8, 4) is 22.5 Å². The molecule has 5 aromatic rings. The predicted molar refractivity (Wildman–Crippen MR) is 165 cm³/mol. The molecule has 10 heteroatoms. The molecular formula is C33H34N8O2. The zero-order valence-electron chi connectivity index (χ0n) is 23.8. The molecule has 0 spiro atoms. The minimum Gasteiger partial charge on any atom is -0.330 e. The fourth-order valence-corrected chi connectivity index (χ4v) is 5.91. The van der Waals surface area contributed by atoms with Gasteiger partial charge in [-0.25, -0.2) is 4.90 Å². The van der Waals surface area contributed by atoms with Crippen LogP contribution in [-0.4, -0.2) is 50.0 Å². The standard InChI is InChI=1S/C33H34N8O2/c34-18-22-7-11-25(12-8-22)32(42)41(27-15-13-24(14-16-27)31-37-39-40-38-31)33(43)30(35)17-21-5-9-23(10-6-21)29-20-36-19-26-3-1-2-4-28(26)29/h1-6,9-10,13-16,19-20,22,25,30H,7-8,11-12,17-18,34-35H2,(H,37,38,39,40)/t22?,25?,30-/m0/s1. The number of aromatic nitrogens is 5. The fourth-order valence-electron chi connectivity index (χ4n) is 5.91. The molecule has 1 saturated carbocycles. The first-order chi connectivity index (χ1) is 21.0. The second-order valence-electron chi connectivity index (χ2n) is 11.2. The summed E-state index contributed by atoms with van der Waals surface area (Å²) in [6.07, 6.45) is 7.15. The molecule has 2 aromatic heterocycles. The quantitative estimate of drug-likeness (QED) is 0.248. The van der Waals surface area contributed by atoms with E-state index in [1.54, 1.807) is 24.3 Å².